The number of hydrogen-bond acceptors (Lipinski definition) is 4. The molecule has 1 heterocycles. The molecule has 1 aliphatic heterocycles. The second-order valence-electron chi connectivity index (χ2n) is 4.76. The lowest BCUT2D eigenvalue weighted by atomic mass is 10.1. The van der Waals surface area contributed by atoms with Crippen LogP contribution in [0.15, 0.2) is 0 Å². The molecule has 1 unspecified atom stereocenters. The van der Waals surface area contributed by atoms with E-state index < -0.39 is 0 Å². The Morgan fingerprint density at radius 1 is 1.05 bits per heavy atom. The lowest BCUT2D eigenvalue weighted by molar-refractivity contribution is -0.123. The van der Waals surface area contributed by atoms with Crippen LogP contribution >= 0.6 is 0 Å². The summed E-state index contributed by atoms with van der Waals surface area (Å²) in [5.74, 6) is 0.317. The predicted octanol–water partition coefficient (Wildman–Crippen LogP) is 1.36. The van der Waals surface area contributed by atoms with E-state index in [2.05, 4.69) is 12.2 Å². The maximum absolute atomic E-state index is 11.3. The molecular weight excluding hydrogens is 246 g/mol. The second kappa shape index (κ2) is 11.2. The molecule has 0 spiro atoms. The number of carbonyl (C=O) groups is 1. The minimum absolute atomic E-state index is 0.146. The van der Waals surface area contributed by atoms with Crippen LogP contribution in [-0.2, 0) is 19.0 Å². The van der Waals surface area contributed by atoms with E-state index in [0.717, 1.165) is 38.8 Å². The molecule has 5 heteroatoms. The first-order valence-electron chi connectivity index (χ1n) is 7.35. The largest absolute Gasteiger partial charge is 0.379 e. The van der Waals surface area contributed by atoms with Crippen LogP contribution in [0.2, 0.25) is 0 Å². The molecule has 1 rings (SSSR count). The van der Waals surface area contributed by atoms with E-state index in [1.54, 1.807) is 0 Å². The van der Waals surface area contributed by atoms with Crippen LogP contribution in [0.5, 0.6) is 0 Å². The van der Waals surface area contributed by atoms with Crippen molar-refractivity contribution in [3.8, 4) is 0 Å². The van der Waals surface area contributed by atoms with Crippen LogP contribution in [-0.4, -0.2) is 52.1 Å². The van der Waals surface area contributed by atoms with Crippen molar-refractivity contribution in [1.82, 2.24) is 5.32 Å². The van der Waals surface area contributed by atoms with E-state index in [-0.39, 0.29) is 11.8 Å². The van der Waals surface area contributed by atoms with Gasteiger partial charge in [0, 0.05) is 25.7 Å². The van der Waals surface area contributed by atoms with Crippen LogP contribution in [0.3, 0.4) is 0 Å². The zero-order chi connectivity index (χ0) is 13.8. The van der Waals surface area contributed by atoms with Crippen molar-refractivity contribution in [3.63, 3.8) is 0 Å². The summed E-state index contributed by atoms with van der Waals surface area (Å²) in [7, 11) is 0. The maximum atomic E-state index is 11.3. The molecular formula is C14H27NO4. The Balaban J connectivity index is 1.75. The SMILES string of the molecule is CCCCOCCOCCOCCC1CCNC1=O. The number of ether oxygens (including phenoxy) is 3. The van der Waals surface area contributed by atoms with Crippen molar-refractivity contribution in [3.05, 3.63) is 0 Å². The third kappa shape index (κ3) is 8.18. The number of nitrogens with one attached hydrogen (secondary N) is 1. The summed E-state index contributed by atoms with van der Waals surface area (Å²) < 4.78 is 16.2. The summed E-state index contributed by atoms with van der Waals surface area (Å²) in [6.07, 6.45) is 4.02. The fourth-order valence-electron chi connectivity index (χ4n) is 1.93. The molecule has 5 nitrogen and oxygen atoms in total. The van der Waals surface area contributed by atoms with Crippen LogP contribution < -0.4 is 5.32 Å². The topological polar surface area (TPSA) is 56.8 Å². The van der Waals surface area contributed by atoms with E-state index in [0.29, 0.717) is 33.0 Å². The minimum atomic E-state index is 0.146. The zero-order valence-electron chi connectivity index (χ0n) is 12.0. The van der Waals surface area contributed by atoms with Gasteiger partial charge in [0.1, 0.15) is 0 Å². The van der Waals surface area contributed by atoms with Crippen molar-refractivity contribution in [1.29, 1.82) is 0 Å². The molecule has 1 atom stereocenters. The van der Waals surface area contributed by atoms with E-state index in [9.17, 15) is 4.79 Å². The number of carbonyl (C=O) groups excluding carboxylic acids is 1. The highest BCUT2D eigenvalue weighted by Gasteiger charge is 2.23. The van der Waals surface area contributed by atoms with Crippen molar-refractivity contribution in [2.75, 3.05) is 46.2 Å². The van der Waals surface area contributed by atoms with Crippen LogP contribution in [0, 0.1) is 5.92 Å². The van der Waals surface area contributed by atoms with Gasteiger partial charge in [0.2, 0.25) is 5.91 Å². The van der Waals surface area contributed by atoms with Crippen LogP contribution in [0.1, 0.15) is 32.6 Å². The third-order valence-corrected chi connectivity index (χ3v) is 3.16. The summed E-state index contributed by atoms with van der Waals surface area (Å²) in [5, 5.41) is 2.83. The first kappa shape index (κ1) is 16.4. The standard InChI is InChI=1S/C14H27NO4/c1-2-3-7-17-9-11-19-12-10-18-8-5-13-4-6-15-14(13)16/h13H,2-12H2,1H3,(H,15,16). The van der Waals surface area contributed by atoms with E-state index in [1.807, 2.05) is 0 Å². The summed E-state index contributed by atoms with van der Waals surface area (Å²) >= 11 is 0. The van der Waals surface area contributed by atoms with Gasteiger partial charge >= 0.3 is 0 Å². The predicted molar refractivity (Wildman–Crippen MR) is 73.1 cm³/mol. The van der Waals surface area contributed by atoms with Gasteiger partial charge in [0.15, 0.2) is 0 Å². The highest BCUT2D eigenvalue weighted by atomic mass is 16.5. The lowest BCUT2D eigenvalue weighted by Gasteiger charge is -2.08. The Morgan fingerprint density at radius 2 is 1.68 bits per heavy atom. The Hall–Kier alpha value is -0.650. The van der Waals surface area contributed by atoms with Crippen molar-refractivity contribution in [2.24, 2.45) is 5.92 Å². The minimum Gasteiger partial charge on any atom is -0.379 e. The first-order valence-corrected chi connectivity index (χ1v) is 7.35. The molecule has 1 fully saturated rings. The zero-order valence-corrected chi connectivity index (χ0v) is 12.0. The molecule has 19 heavy (non-hydrogen) atoms. The molecule has 0 aromatic heterocycles. The molecule has 112 valence electrons. The average molecular weight is 273 g/mol. The van der Waals surface area contributed by atoms with Gasteiger partial charge in [-0.25, -0.2) is 0 Å². The number of unbranched alkanes of at least 4 members (excludes halogenated alkanes) is 1. The third-order valence-electron chi connectivity index (χ3n) is 3.16. The summed E-state index contributed by atoms with van der Waals surface area (Å²) in [5.41, 5.74) is 0. The highest BCUT2D eigenvalue weighted by Crippen LogP contribution is 2.13. The Labute approximate surface area is 116 Å². The normalized spacial score (nSPS) is 18.8. The second-order valence-corrected chi connectivity index (χ2v) is 4.76. The van der Waals surface area contributed by atoms with E-state index in [1.165, 1.54) is 0 Å². The Kier molecular flexibility index (Phi) is 9.67. The van der Waals surface area contributed by atoms with Crippen molar-refractivity contribution in [2.45, 2.75) is 32.6 Å². The molecule has 0 aromatic rings. The van der Waals surface area contributed by atoms with Gasteiger partial charge in [-0.2, -0.15) is 0 Å². The van der Waals surface area contributed by atoms with Crippen molar-refractivity contribution >= 4 is 5.91 Å². The van der Waals surface area contributed by atoms with Crippen molar-refractivity contribution < 1.29 is 19.0 Å². The van der Waals surface area contributed by atoms with Crippen LogP contribution in [0.4, 0.5) is 0 Å². The van der Waals surface area contributed by atoms with Gasteiger partial charge in [-0.05, 0) is 19.3 Å². The van der Waals surface area contributed by atoms with E-state index >= 15 is 0 Å². The molecule has 0 aromatic carbocycles. The summed E-state index contributed by atoms with van der Waals surface area (Å²) in [4.78, 5) is 11.3. The van der Waals surface area contributed by atoms with Gasteiger partial charge in [-0.15, -0.1) is 0 Å². The smallest absolute Gasteiger partial charge is 0.223 e. The molecule has 0 bridgehead atoms. The number of hydrogen-bond donors (Lipinski definition) is 1. The van der Waals surface area contributed by atoms with Gasteiger partial charge in [-0.1, -0.05) is 13.3 Å². The van der Waals surface area contributed by atoms with E-state index in [4.69, 9.17) is 14.2 Å². The van der Waals surface area contributed by atoms with Gasteiger partial charge in [0.05, 0.1) is 26.4 Å². The number of rotatable bonds is 12. The first-order chi connectivity index (χ1) is 9.34. The molecule has 1 amide bonds. The Bertz CT molecular complexity index is 235. The summed E-state index contributed by atoms with van der Waals surface area (Å²) in [6.45, 7) is 6.86. The molecule has 1 saturated heterocycles. The molecule has 0 aliphatic carbocycles. The fraction of sp³-hybridized carbons (Fsp3) is 0.929. The summed E-state index contributed by atoms with van der Waals surface area (Å²) in [6, 6.07) is 0. The molecule has 0 radical (unpaired) electrons. The quantitative estimate of drug-likeness (QED) is 0.546. The highest BCUT2D eigenvalue weighted by molar-refractivity contribution is 5.80. The fourth-order valence-corrected chi connectivity index (χ4v) is 1.93. The molecule has 0 saturated carbocycles. The number of amides is 1. The van der Waals surface area contributed by atoms with Gasteiger partial charge in [0.25, 0.3) is 0 Å². The monoisotopic (exact) mass is 273 g/mol. The average Bonchev–Trinajstić information content (AvgIpc) is 2.82. The van der Waals surface area contributed by atoms with Gasteiger partial charge < -0.3 is 19.5 Å². The Morgan fingerprint density at radius 3 is 2.26 bits per heavy atom. The molecule has 1 N–H and O–H groups in total. The molecule has 1 aliphatic rings. The van der Waals surface area contributed by atoms with Crippen LogP contribution in [0.25, 0.3) is 0 Å². The lowest BCUT2D eigenvalue weighted by Crippen LogP contribution is -2.20. The maximum Gasteiger partial charge on any atom is 0.223 e. The van der Waals surface area contributed by atoms with Gasteiger partial charge in [-0.3, -0.25) is 4.79 Å².